The van der Waals surface area contributed by atoms with Crippen molar-refractivity contribution in [3.63, 3.8) is 0 Å². The number of ether oxygens (including phenoxy) is 1. The summed E-state index contributed by atoms with van der Waals surface area (Å²) in [5.74, 6) is 0.201. The van der Waals surface area contributed by atoms with Crippen LogP contribution in [0.15, 0.2) is 53.6 Å². The number of rotatable bonds is 6. The Morgan fingerprint density at radius 1 is 1.11 bits per heavy atom. The fourth-order valence-electron chi connectivity index (χ4n) is 4.41. The zero-order chi connectivity index (χ0) is 24.7. The lowest BCUT2D eigenvalue weighted by Gasteiger charge is -2.29. The third-order valence-corrected chi connectivity index (χ3v) is 7.19. The molecule has 2 aromatic carbocycles. The Morgan fingerprint density at radius 2 is 1.89 bits per heavy atom. The van der Waals surface area contributed by atoms with E-state index in [9.17, 15) is 14.4 Å². The first-order chi connectivity index (χ1) is 16.9. The maximum Gasteiger partial charge on any atom is 0.265 e. The van der Waals surface area contributed by atoms with Crippen molar-refractivity contribution in [2.45, 2.75) is 33.7 Å². The predicted octanol–water partition coefficient (Wildman–Crippen LogP) is 4.76. The van der Waals surface area contributed by atoms with Gasteiger partial charge in [0, 0.05) is 22.5 Å². The standard InChI is InChI=1S/C27H25N3O4S/c1-4-11-30-20-12-19(9-10-22(20)34-14-23(30)32)21(31)13-29-15-28-26-25(27(29)33)24(17(3)35-26)18-7-5-16(2)6-8-18/h5-10,12,15H,4,11,13-14H2,1-3H3. The van der Waals surface area contributed by atoms with Crippen LogP contribution in [0.25, 0.3) is 21.3 Å². The minimum Gasteiger partial charge on any atom is -0.482 e. The summed E-state index contributed by atoms with van der Waals surface area (Å²) in [4.78, 5) is 46.8. The molecule has 3 heterocycles. The molecule has 0 unspecified atom stereocenters. The van der Waals surface area contributed by atoms with Crippen LogP contribution < -0.4 is 15.2 Å². The Kier molecular flexibility index (Phi) is 5.98. The summed E-state index contributed by atoms with van der Waals surface area (Å²) in [5, 5.41) is 0.533. The number of amides is 1. The van der Waals surface area contributed by atoms with Crippen LogP contribution in [0.4, 0.5) is 5.69 Å². The lowest BCUT2D eigenvalue weighted by atomic mass is 10.0. The van der Waals surface area contributed by atoms with Crippen LogP contribution in [0.5, 0.6) is 5.75 Å². The van der Waals surface area contributed by atoms with Crippen LogP contribution in [-0.2, 0) is 11.3 Å². The molecule has 8 heteroatoms. The van der Waals surface area contributed by atoms with E-state index >= 15 is 0 Å². The molecule has 0 radical (unpaired) electrons. The van der Waals surface area contributed by atoms with E-state index in [2.05, 4.69) is 4.98 Å². The molecule has 5 rings (SSSR count). The molecular formula is C27H25N3O4S. The Bertz CT molecular complexity index is 1520. The van der Waals surface area contributed by atoms with E-state index in [0.29, 0.717) is 33.8 Å². The second-order valence-electron chi connectivity index (χ2n) is 8.70. The third kappa shape index (κ3) is 4.14. The number of thiophene rings is 1. The van der Waals surface area contributed by atoms with Gasteiger partial charge in [0.2, 0.25) is 0 Å². The lowest BCUT2D eigenvalue weighted by molar-refractivity contribution is -0.121. The molecule has 1 aliphatic heterocycles. The average Bonchev–Trinajstić information content (AvgIpc) is 3.19. The smallest absolute Gasteiger partial charge is 0.265 e. The third-order valence-electron chi connectivity index (χ3n) is 6.18. The summed E-state index contributed by atoms with van der Waals surface area (Å²) in [7, 11) is 0. The fourth-order valence-corrected chi connectivity index (χ4v) is 5.41. The summed E-state index contributed by atoms with van der Waals surface area (Å²) in [6.07, 6.45) is 2.22. The van der Waals surface area contributed by atoms with Gasteiger partial charge in [-0.15, -0.1) is 11.3 Å². The fraction of sp³-hybridized carbons (Fsp3) is 0.259. The molecular weight excluding hydrogens is 462 g/mol. The van der Waals surface area contributed by atoms with Gasteiger partial charge in [-0.2, -0.15) is 0 Å². The van der Waals surface area contributed by atoms with Crippen molar-refractivity contribution in [1.82, 2.24) is 9.55 Å². The lowest BCUT2D eigenvalue weighted by Crippen LogP contribution is -2.39. The molecule has 0 fully saturated rings. The van der Waals surface area contributed by atoms with E-state index in [1.807, 2.05) is 45.0 Å². The van der Waals surface area contributed by atoms with E-state index < -0.39 is 0 Å². The number of anilines is 1. The zero-order valence-electron chi connectivity index (χ0n) is 19.8. The summed E-state index contributed by atoms with van der Waals surface area (Å²) in [6.45, 7) is 6.38. The average molecular weight is 488 g/mol. The number of ketones is 1. The first kappa shape index (κ1) is 23.0. The maximum atomic E-state index is 13.5. The molecule has 0 N–H and O–H groups in total. The number of aryl methyl sites for hydroxylation is 2. The van der Waals surface area contributed by atoms with E-state index in [1.165, 1.54) is 22.2 Å². The number of Topliss-reactive ketones (excluding diaryl/α,β-unsaturated/α-hetero) is 1. The van der Waals surface area contributed by atoms with Crippen molar-refractivity contribution in [1.29, 1.82) is 0 Å². The molecule has 1 aliphatic rings. The summed E-state index contributed by atoms with van der Waals surface area (Å²) >= 11 is 1.48. The van der Waals surface area contributed by atoms with Crippen molar-refractivity contribution in [2.75, 3.05) is 18.1 Å². The van der Waals surface area contributed by atoms with Crippen molar-refractivity contribution in [2.24, 2.45) is 0 Å². The Morgan fingerprint density at radius 3 is 2.63 bits per heavy atom. The molecule has 0 spiro atoms. The molecule has 0 aliphatic carbocycles. The molecule has 0 saturated heterocycles. The van der Waals surface area contributed by atoms with Crippen LogP contribution in [0.2, 0.25) is 0 Å². The summed E-state index contributed by atoms with van der Waals surface area (Å²) < 4.78 is 6.89. The minimum absolute atomic E-state index is 0.00918. The van der Waals surface area contributed by atoms with Gasteiger partial charge in [-0.1, -0.05) is 36.8 Å². The Hall–Kier alpha value is -3.78. The van der Waals surface area contributed by atoms with Crippen molar-refractivity contribution >= 4 is 38.9 Å². The van der Waals surface area contributed by atoms with Crippen molar-refractivity contribution < 1.29 is 14.3 Å². The van der Waals surface area contributed by atoms with Crippen LogP contribution in [0.3, 0.4) is 0 Å². The molecule has 35 heavy (non-hydrogen) atoms. The van der Waals surface area contributed by atoms with Gasteiger partial charge in [-0.05, 0) is 44.0 Å². The van der Waals surface area contributed by atoms with Crippen LogP contribution in [0.1, 0.15) is 34.1 Å². The molecule has 178 valence electrons. The van der Waals surface area contributed by atoms with E-state index in [1.54, 1.807) is 23.1 Å². The normalized spacial score (nSPS) is 13.1. The van der Waals surface area contributed by atoms with Crippen LogP contribution in [0, 0.1) is 13.8 Å². The molecule has 2 aromatic heterocycles. The molecule has 1 amide bonds. The van der Waals surface area contributed by atoms with Gasteiger partial charge >= 0.3 is 0 Å². The second-order valence-corrected chi connectivity index (χ2v) is 9.90. The molecule has 0 atom stereocenters. The zero-order valence-corrected chi connectivity index (χ0v) is 20.6. The minimum atomic E-state index is -0.243. The topological polar surface area (TPSA) is 81.5 Å². The van der Waals surface area contributed by atoms with Crippen molar-refractivity contribution in [3.05, 3.63) is 75.1 Å². The highest BCUT2D eigenvalue weighted by molar-refractivity contribution is 7.19. The van der Waals surface area contributed by atoms with Gasteiger partial charge in [0.05, 0.1) is 23.9 Å². The van der Waals surface area contributed by atoms with Gasteiger partial charge in [0.1, 0.15) is 10.6 Å². The number of benzene rings is 2. The molecule has 7 nitrogen and oxygen atoms in total. The van der Waals surface area contributed by atoms with Gasteiger partial charge in [0.15, 0.2) is 12.4 Å². The molecule has 0 saturated carbocycles. The van der Waals surface area contributed by atoms with E-state index in [0.717, 1.165) is 28.0 Å². The maximum absolute atomic E-state index is 13.5. The van der Waals surface area contributed by atoms with E-state index in [-0.39, 0.29) is 30.4 Å². The number of aromatic nitrogens is 2. The number of hydrogen-bond donors (Lipinski definition) is 0. The Balaban J connectivity index is 1.51. The number of hydrogen-bond acceptors (Lipinski definition) is 6. The Labute approximate surface area is 206 Å². The first-order valence-corrected chi connectivity index (χ1v) is 12.3. The number of nitrogens with zero attached hydrogens (tertiary/aromatic N) is 3. The van der Waals surface area contributed by atoms with E-state index in [4.69, 9.17) is 4.74 Å². The van der Waals surface area contributed by atoms with Gasteiger partial charge < -0.3 is 9.64 Å². The number of carbonyl (C=O) groups excluding carboxylic acids is 2. The molecule has 4 aromatic rings. The quantitative estimate of drug-likeness (QED) is 0.366. The number of fused-ring (bicyclic) bond motifs is 2. The largest absolute Gasteiger partial charge is 0.482 e. The van der Waals surface area contributed by atoms with Gasteiger partial charge in [-0.3, -0.25) is 19.0 Å². The monoisotopic (exact) mass is 487 g/mol. The predicted molar refractivity (Wildman–Crippen MR) is 138 cm³/mol. The summed E-state index contributed by atoms with van der Waals surface area (Å²) in [5.41, 5.74) is 3.72. The first-order valence-electron chi connectivity index (χ1n) is 11.5. The highest BCUT2D eigenvalue weighted by atomic mass is 32.1. The van der Waals surface area contributed by atoms with Crippen LogP contribution >= 0.6 is 11.3 Å². The van der Waals surface area contributed by atoms with Crippen molar-refractivity contribution in [3.8, 4) is 16.9 Å². The molecule has 0 bridgehead atoms. The second kappa shape index (κ2) is 9.11. The SMILES string of the molecule is CCCN1C(=O)COc2ccc(C(=O)Cn3cnc4sc(C)c(-c5ccc(C)cc5)c4c3=O)cc21. The van der Waals surface area contributed by atoms with Gasteiger partial charge in [0.25, 0.3) is 11.5 Å². The van der Waals surface area contributed by atoms with Crippen LogP contribution in [-0.4, -0.2) is 34.4 Å². The number of carbonyl (C=O) groups is 2. The highest BCUT2D eigenvalue weighted by Crippen LogP contribution is 2.36. The van der Waals surface area contributed by atoms with Gasteiger partial charge in [-0.25, -0.2) is 4.98 Å². The highest BCUT2D eigenvalue weighted by Gasteiger charge is 2.26. The summed E-state index contributed by atoms with van der Waals surface area (Å²) in [6, 6.07) is 13.1.